The molecule has 0 amide bonds. The topological polar surface area (TPSA) is 26.3 Å². The Kier molecular flexibility index (Phi) is 9.40. The average Bonchev–Trinajstić information content (AvgIpc) is 2.49. The van der Waals surface area contributed by atoms with Crippen molar-refractivity contribution in [3.8, 4) is 5.75 Å². The maximum absolute atomic E-state index is 12.2. The van der Waals surface area contributed by atoms with Crippen molar-refractivity contribution in [3.05, 3.63) is 28.2 Å². The van der Waals surface area contributed by atoms with Crippen LogP contribution in [0.15, 0.2) is 22.7 Å². The maximum Gasteiger partial charge on any atom is 0.166 e. The van der Waals surface area contributed by atoms with Gasteiger partial charge in [0.05, 0.1) is 12.7 Å². The third kappa shape index (κ3) is 7.12. The van der Waals surface area contributed by atoms with E-state index in [0.717, 1.165) is 17.3 Å². The molecule has 21 heavy (non-hydrogen) atoms. The van der Waals surface area contributed by atoms with Crippen LogP contribution >= 0.6 is 15.9 Å². The fourth-order valence-corrected chi connectivity index (χ4v) is 2.79. The first-order chi connectivity index (χ1) is 10.2. The predicted molar refractivity (Wildman–Crippen MR) is 92.3 cm³/mol. The Morgan fingerprint density at radius 1 is 1.05 bits per heavy atom. The van der Waals surface area contributed by atoms with Gasteiger partial charge in [0, 0.05) is 10.9 Å². The van der Waals surface area contributed by atoms with Gasteiger partial charge in [-0.2, -0.15) is 0 Å². The second-order valence-corrected chi connectivity index (χ2v) is 6.41. The third-order valence-electron chi connectivity index (χ3n) is 3.72. The summed E-state index contributed by atoms with van der Waals surface area (Å²) in [4.78, 5) is 12.2. The van der Waals surface area contributed by atoms with Gasteiger partial charge in [0.25, 0.3) is 0 Å². The molecular formula is C18H27BrO2. The van der Waals surface area contributed by atoms with Gasteiger partial charge in [0.2, 0.25) is 0 Å². The molecule has 0 atom stereocenters. The second-order valence-electron chi connectivity index (χ2n) is 5.49. The first kappa shape index (κ1) is 18.2. The zero-order chi connectivity index (χ0) is 15.5. The van der Waals surface area contributed by atoms with Crippen molar-refractivity contribution < 1.29 is 9.53 Å². The SMILES string of the molecule is CCCCCCCCCCC(=O)c1ccc(Br)cc1OC. The number of Topliss-reactive ketones (excluding diaryl/α,β-unsaturated/α-hetero) is 1. The molecule has 0 unspecified atom stereocenters. The van der Waals surface area contributed by atoms with E-state index in [2.05, 4.69) is 22.9 Å². The van der Waals surface area contributed by atoms with Gasteiger partial charge >= 0.3 is 0 Å². The van der Waals surface area contributed by atoms with Crippen LogP contribution in [-0.4, -0.2) is 12.9 Å². The van der Waals surface area contributed by atoms with E-state index in [9.17, 15) is 4.79 Å². The Hall–Kier alpha value is -0.830. The lowest BCUT2D eigenvalue weighted by Gasteiger charge is -2.08. The summed E-state index contributed by atoms with van der Waals surface area (Å²) in [6.07, 6.45) is 10.6. The quantitative estimate of drug-likeness (QED) is 0.350. The number of carbonyl (C=O) groups is 1. The molecular weight excluding hydrogens is 328 g/mol. The molecule has 0 aliphatic carbocycles. The summed E-state index contributed by atoms with van der Waals surface area (Å²) in [5.74, 6) is 0.847. The van der Waals surface area contributed by atoms with Crippen molar-refractivity contribution in [1.82, 2.24) is 0 Å². The largest absolute Gasteiger partial charge is 0.496 e. The Labute approximate surface area is 137 Å². The summed E-state index contributed by atoms with van der Waals surface area (Å²) in [6, 6.07) is 5.58. The zero-order valence-corrected chi connectivity index (χ0v) is 14.9. The van der Waals surface area contributed by atoms with Crippen LogP contribution in [-0.2, 0) is 0 Å². The second kappa shape index (κ2) is 10.8. The highest BCUT2D eigenvalue weighted by Crippen LogP contribution is 2.25. The number of benzene rings is 1. The first-order valence-electron chi connectivity index (χ1n) is 8.05. The molecule has 0 aromatic heterocycles. The average molecular weight is 355 g/mol. The highest BCUT2D eigenvalue weighted by molar-refractivity contribution is 9.10. The van der Waals surface area contributed by atoms with Crippen molar-refractivity contribution in [3.63, 3.8) is 0 Å². The lowest BCUT2D eigenvalue weighted by Crippen LogP contribution is -2.02. The van der Waals surface area contributed by atoms with Gasteiger partial charge in [0.1, 0.15) is 5.75 Å². The van der Waals surface area contributed by atoms with Gasteiger partial charge in [-0.25, -0.2) is 0 Å². The van der Waals surface area contributed by atoms with E-state index < -0.39 is 0 Å². The summed E-state index contributed by atoms with van der Waals surface area (Å²) in [5, 5.41) is 0. The Bertz CT molecular complexity index is 429. The molecule has 118 valence electrons. The minimum absolute atomic E-state index is 0.185. The molecule has 0 saturated carbocycles. The van der Waals surface area contributed by atoms with Gasteiger partial charge in [-0.1, -0.05) is 67.8 Å². The fraction of sp³-hybridized carbons (Fsp3) is 0.611. The molecule has 0 aliphatic rings. The smallest absolute Gasteiger partial charge is 0.166 e. The summed E-state index contributed by atoms with van der Waals surface area (Å²) in [7, 11) is 1.61. The molecule has 2 nitrogen and oxygen atoms in total. The van der Waals surface area contributed by atoms with Crippen LogP contribution in [0.5, 0.6) is 5.75 Å². The summed E-state index contributed by atoms with van der Waals surface area (Å²) in [6.45, 7) is 2.24. The monoisotopic (exact) mass is 354 g/mol. The van der Waals surface area contributed by atoms with E-state index in [1.807, 2.05) is 18.2 Å². The zero-order valence-electron chi connectivity index (χ0n) is 13.3. The number of hydrogen-bond donors (Lipinski definition) is 0. The van der Waals surface area contributed by atoms with E-state index >= 15 is 0 Å². The van der Waals surface area contributed by atoms with E-state index in [0.29, 0.717) is 17.7 Å². The normalized spacial score (nSPS) is 10.6. The van der Waals surface area contributed by atoms with Gasteiger partial charge < -0.3 is 4.74 Å². The number of unbranched alkanes of at least 4 members (excludes halogenated alkanes) is 7. The fourth-order valence-electron chi connectivity index (χ4n) is 2.45. The summed E-state index contributed by atoms with van der Waals surface area (Å²) >= 11 is 3.39. The number of rotatable bonds is 11. The molecule has 1 aromatic rings. The molecule has 0 spiro atoms. The minimum Gasteiger partial charge on any atom is -0.496 e. The standard InChI is InChI=1S/C18H27BrO2/c1-3-4-5-6-7-8-9-10-11-17(20)16-13-12-15(19)14-18(16)21-2/h12-14H,3-11H2,1-2H3. The molecule has 1 rings (SSSR count). The Morgan fingerprint density at radius 3 is 2.29 bits per heavy atom. The van der Waals surface area contributed by atoms with Gasteiger partial charge in [-0.15, -0.1) is 0 Å². The first-order valence-corrected chi connectivity index (χ1v) is 8.85. The van der Waals surface area contributed by atoms with E-state index in [4.69, 9.17) is 4.74 Å². The Balaban J connectivity index is 2.25. The molecule has 0 heterocycles. The number of methoxy groups -OCH3 is 1. The van der Waals surface area contributed by atoms with Crippen molar-refractivity contribution in [1.29, 1.82) is 0 Å². The summed E-state index contributed by atoms with van der Waals surface area (Å²) < 4.78 is 6.21. The lowest BCUT2D eigenvalue weighted by atomic mass is 10.0. The highest BCUT2D eigenvalue weighted by Gasteiger charge is 2.12. The molecule has 0 fully saturated rings. The third-order valence-corrected chi connectivity index (χ3v) is 4.21. The molecule has 0 aliphatic heterocycles. The minimum atomic E-state index is 0.185. The molecule has 0 N–H and O–H groups in total. The summed E-state index contributed by atoms with van der Waals surface area (Å²) in [5.41, 5.74) is 0.698. The number of carbonyl (C=O) groups excluding carboxylic acids is 1. The van der Waals surface area contributed by atoms with Crippen molar-refractivity contribution in [2.24, 2.45) is 0 Å². The van der Waals surface area contributed by atoms with Gasteiger partial charge in [0.15, 0.2) is 5.78 Å². The van der Waals surface area contributed by atoms with Crippen molar-refractivity contribution in [2.75, 3.05) is 7.11 Å². The molecule has 0 radical (unpaired) electrons. The van der Waals surface area contributed by atoms with Gasteiger partial charge in [-0.05, 0) is 24.6 Å². The predicted octanol–water partition coefficient (Wildman–Crippen LogP) is 6.17. The van der Waals surface area contributed by atoms with E-state index in [1.165, 1.54) is 38.5 Å². The van der Waals surface area contributed by atoms with Crippen LogP contribution < -0.4 is 4.74 Å². The van der Waals surface area contributed by atoms with Crippen LogP contribution in [0.25, 0.3) is 0 Å². The van der Waals surface area contributed by atoms with E-state index in [1.54, 1.807) is 7.11 Å². The van der Waals surface area contributed by atoms with Crippen LogP contribution in [0.1, 0.15) is 75.1 Å². The van der Waals surface area contributed by atoms with Crippen LogP contribution in [0.2, 0.25) is 0 Å². The molecule has 0 bridgehead atoms. The van der Waals surface area contributed by atoms with Crippen LogP contribution in [0.3, 0.4) is 0 Å². The van der Waals surface area contributed by atoms with Crippen LogP contribution in [0.4, 0.5) is 0 Å². The number of ketones is 1. The van der Waals surface area contributed by atoms with Crippen LogP contribution in [0, 0.1) is 0 Å². The molecule has 3 heteroatoms. The number of ether oxygens (including phenoxy) is 1. The molecule has 0 saturated heterocycles. The highest BCUT2D eigenvalue weighted by atomic mass is 79.9. The lowest BCUT2D eigenvalue weighted by molar-refractivity contribution is 0.0976. The van der Waals surface area contributed by atoms with Gasteiger partial charge in [-0.3, -0.25) is 4.79 Å². The maximum atomic E-state index is 12.2. The van der Waals surface area contributed by atoms with Crippen molar-refractivity contribution in [2.45, 2.75) is 64.7 Å². The van der Waals surface area contributed by atoms with E-state index in [-0.39, 0.29) is 5.78 Å². The molecule has 1 aromatic carbocycles. The van der Waals surface area contributed by atoms with Crippen molar-refractivity contribution >= 4 is 21.7 Å². The number of hydrogen-bond acceptors (Lipinski definition) is 2. The number of halogens is 1. The Morgan fingerprint density at radius 2 is 1.67 bits per heavy atom.